The Bertz CT molecular complexity index is 237. The van der Waals surface area contributed by atoms with Crippen molar-refractivity contribution in [2.45, 2.75) is 53.2 Å². The second kappa shape index (κ2) is 13.3. The summed E-state index contributed by atoms with van der Waals surface area (Å²) in [5, 5.41) is 2.34. The molecule has 0 saturated heterocycles. The summed E-state index contributed by atoms with van der Waals surface area (Å²) in [6, 6.07) is -0.629. The molecule has 6 heteroatoms. The fourth-order valence-corrected chi connectivity index (χ4v) is 0.536. The fraction of sp³-hybridized carbons (Fsp3) is 0.846. The molecule has 0 saturated carbocycles. The summed E-state index contributed by atoms with van der Waals surface area (Å²) >= 11 is 0. The van der Waals surface area contributed by atoms with Crippen LogP contribution in [0.5, 0.6) is 0 Å². The van der Waals surface area contributed by atoms with Gasteiger partial charge in [-0.25, -0.2) is 4.79 Å². The van der Waals surface area contributed by atoms with E-state index in [2.05, 4.69) is 10.1 Å². The van der Waals surface area contributed by atoms with E-state index in [4.69, 9.17) is 10.5 Å². The summed E-state index contributed by atoms with van der Waals surface area (Å²) in [7, 11) is 2.97. The van der Waals surface area contributed by atoms with E-state index in [1.54, 1.807) is 7.11 Å². The monoisotopic (exact) mass is 278 g/mol. The molecule has 19 heavy (non-hydrogen) atoms. The van der Waals surface area contributed by atoms with Crippen LogP contribution in [-0.4, -0.2) is 44.3 Å². The van der Waals surface area contributed by atoms with E-state index < -0.39 is 12.0 Å². The zero-order valence-corrected chi connectivity index (χ0v) is 13.5. The van der Waals surface area contributed by atoms with E-state index >= 15 is 0 Å². The Kier molecular flexibility index (Phi) is 16.1. The van der Waals surface area contributed by atoms with E-state index in [1.807, 2.05) is 34.6 Å². The molecule has 0 bridgehead atoms. The molecule has 0 unspecified atom stereocenters. The van der Waals surface area contributed by atoms with Gasteiger partial charge in [-0.1, -0.05) is 13.8 Å². The molecule has 1 atom stereocenters. The lowest BCUT2D eigenvalue weighted by atomic mass is 10.2. The first-order chi connectivity index (χ1) is 8.67. The van der Waals surface area contributed by atoms with Crippen LogP contribution in [0, 0.1) is 0 Å². The molecule has 0 aliphatic heterocycles. The maximum atomic E-state index is 10.7. The van der Waals surface area contributed by atoms with Crippen molar-refractivity contribution >= 4 is 11.9 Å². The minimum Gasteiger partial charge on any atom is -0.467 e. The van der Waals surface area contributed by atoms with E-state index in [9.17, 15) is 9.59 Å². The molecule has 0 aliphatic rings. The summed E-state index contributed by atoms with van der Waals surface area (Å²) in [6.07, 6.45) is 0. The second-order valence-corrected chi connectivity index (χ2v) is 4.33. The van der Waals surface area contributed by atoms with Crippen LogP contribution < -0.4 is 11.1 Å². The van der Waals surface area contributed by atoms with Gasteiger partial charge in [-0.15, -0.1) is 0 Å². The number of carbonyl (C=O) groups excluding carboxylic acids is 2. The molecule has 0 aromatic carbocycles. The van der Waals surface area contributed by atoms with Crippen molar-refractivity contribution in [3.05, 3.63) is 0 Å². The summed E-state index contributed by atoms with van der Waals surface area (Å²) < 4.78 is 9.30. The van der Waals surface area contributed by atoms with E-state index in [-0.39, 0.29) is 18.1 Å². The van der Waals surface area contributed by atoms with Gasteiger partial charge in [0.25, 0.3) is 0 Å². The minimum atomic E-state index is -0.629. The standard InChI is InChI=1S/C6H12N2O3.C5H12O.C2H6/c1-4(6(10)11-2)8-5(9)3-7;1-5(2,3)6-4;1-2/h4H,3,7H2,1-2H3,(H,8,9);1-4H3;1-2H3/t4-;;/m0../s1. The number of carbonyl (C=O) groups is 2. The molecule has 0 rings (SSSR count). The smallest absolute Gasteiger partial charge is 0.328 e. The molecule has 1 amide bonds. The second-order valence-electron chi connectivity index (χ2n) is 4.33. The van der Waals surface area contributed by atoms with Gasteiger partial charge in [0.1, 0.15) is 6.04 Å². The molecule has 116 valence electrons. The van der Waals surface area contributed by atoms with Gasteiger partial charge in [0.15, 0.2) is 0 Å². The van der Waals surface area contributed by atoms with Crippen LogP contribution in [0.4, 0.5) is 0 Å². The van der Waals surface area contributed by atoms with Crippen LogP contribution in [0.3, 0.4) is 0 Å². The predicted octanol–water partition coefficient (Wildman–Crippen LogP) is 1.08. The number of methoxy groups -OCH3 is 2. The van der Waals surface area contributed by atoms with Crippen LogP contribution in [0.1, 0.15) is 41.5 Å². The number of hydrogen-bond acceptors (Lipinski definition) is 5. The SMILES string of the molecule is CC.COC(=O)[C@H](C)NC(=O)CN.COC(C)(C)C. The van der Waals surface area contributed by atoms with Gasteiger partial charge >= 0.3 is 5.97 Å². The molecule has 0 spiro atoms. The third-order valence-electron chi connectivity index (χ3n) is 1.73. The van der Waals surface area contributed by atoms with E-state index in [0.717, 1.165) is 0 Å². The van der Waals surface area contributed by atoms with Gasteiger partial charge < -0.3 is 20.5 Å². The van der Waals surface area contributed by atoms with Crippen molar-refractivity contribution in [3.8, 4) is 0 Å². The Balaban J connectivity index is -0.000000271. The maximum absolute atomic E-state index is 10.7. The number of ether oxygens (including phenoxy) is 2. The lowest BCUT2D eigenvalue weighted by Gasteiger charge is -2.14. The van der Waals surface area contributed by atoms with Crippen molar-refractivity contribution in [1.29, 1.82) is 0 Å². The van der Waals surface area contributed by atoms with Crippen molar-refractivity contribution in [3.63, 3.8) is 0 Å². The average molecular weight is 278 g/mol. The molecule has 3 N–H and O–H groups in total. The van der Waals surface area contributed by atoms with Crippen molar-refractivity contribution in [2.75, 3.05) is 20.8 Å². The first kappa shape index (κ1) is 23.0. The van der Waals surface area contributed by atoms with Crippen LogP contribution in [-0.2, 0) is 19.1 Å². The lowest BCUT2D eigenvalue weighted by Crippen LogP contribution is -2.42. The lowest BCUT2D eigenvalue weighted by molar-refractivity contribution is -0.144. The predicted molar refractivity (Wildman–Crippen MR) is 76.8 cm³/mol. The Labute approximate surface area is 117 Å². The van der Waals surface area contributed by atoms with Crippen LogP contribution >= 0.6 is 0 Å². The van der Waals surface area contributed by atoms with Gasteiger partial charge in [0.05, 0.1) is 19.3 Å². The number of rotatable bonds is 3. The van der Waals surface area contributed by atoms with Crippen LogP contribution in [0.25, 0.3) is 0 Å². The van der Waals surface area contributed by atoms with Gasteiger partial charge in [0.2, 0.25) is 5.91 Å². The quantitative estimate of drug-likeness (QED) is 0.754. The highest BCUT2D eigenvalue weighted by molar-refractivity contribution is 5.84. The van der Waals surface area contributed by atoms with Gasteiger partial charge in [0, 0.05) is 7.11 Å². The van der Waals surface area contributed by atoms with Crippen molar-refractivity contribution < 1.29 is 19.1 Å². The largest absolute Gasteiger partial charge is 0.467 e. The summed E-state index contributed by atoms with van der Waals surface area (Å²) in [5.41, 5.74) is 5.04. The molecule has 0 heterocycles. The van der Waals surface area contributed by atoms with E-state index in [1.165, 1.54) is 14.0 Å². The highest BCUT2D eigenvalue weighted by Gasteiger charge is 2.13. The Morgan fingerprint density at radius 1 is 1.21 bits per heavy atom. The first-order valence-corrected chi connectivity index (χ1v) is 6.30. The number of nitrogens with one attached hydrogen (secondary N) is 1. The summed E-state index contributed by atoms with van der Waals surface area (Å²) in [6.45, 7) is 11.5. The molecular weight excluding hydrogens is 248 g/mol. The normalized spacial score (nSPS) is 11.0. The molecule has 0 fully saturated rings. The van der Waals surface area contributed by atoms with Crippen molar-refractivity contribution in [1.82, 2.24) is 5.32 Å². The first-order valence-electron chi connectivity index (χ1n) is 6.30. The number of esters is 1. The molecular formula is C13H30N2O4. The highest BCUT2D eigenvalue weighted by atomic mass is 16.5. The molecule has 0 aromatic heterocycles. The van der Waals surface area contributed by atoms with Crippen LogP contribution in [0.15, 0.2) is 0 Å². The number of amides is 1. The molecule has 0 radical (unpaired) electrons. The zero-order valence-electron chi connectivity index (χ0n) is 13.5. The number of nitrogens with two attached hydrogens (primary N) is 1. The van der Waals surface area contributed by atoms with Crippen LogP contribution in [0.2, 0.25) is 0 Å². The highest BCUT2D eigenvalue weighted by Crippen LogP contribution is 2.02. The Morgan fingerprint density at radius 3 is 1.79 bits per heavy atom. The van der Waals surface area contributed by atoms with Crippen molar-refractivity contribution in [2.24, 2.45) is 5.73 Å². The molecule has 0 aliphatic carbocycles. The third-order valence-corrected chi connectivity index (χ3v) is 1.73. The zero-order chi connectivity index (χ0) is 16.1. The molecule has 0 aromatic rings. The maximum Gasteiger partial charge on any atom is 0.328 e. The Morgan fingerprint density at radius 2 is 1.58 bits per heavy atom. The van der Waals surface area contributed by atoms with E-state index in [0.29, 0.717) is 0 Å². The van der Waals surface area contributed by atoms with Gasteiger partial charge in [-0.3, -0.25) is 4.79 Å². The average Bonchev–Trinajstić information content (AvgIpc) is 2.39. The summed E-state index contributed by atoms with van der Waals surface area (Å²) in [5.74, 6) is -0.852. The number of hydrogen-bond donors (Lipinski definition) is 2. The summed E-state index contributed by atoms with van der Waals surface area (Å²) in [4.78, 5) is 21.3. The minimum absolute atomic E-state index is 0.0417. The fourth-order valence-electron chi connectivity index (χ4n) is 0.536. The topological polar surface area (TPSA) is 90.7 Å². The third kappa shape index (κ3) is 19.4. The molecule has 6 nitrogen and oxygen atoms in total. The Hall–Kier alpha value is -1.14. The van der Waals surface area contributed by atoms with Gasteiger partial charge in [-0.2, -0.15) is 0 Å². The van der Waals surface area contributed by atoms with Gasteiger partial charge in [-0.05, 0) is 27.7 Å².